The highest BCUT2D eigenvalue weighted by Gasteiger charge is 2.15. The fourth-order valence-corrected chi connectivity index (χ4v) is 2.02. The number of amides is 1. The van der Waals surface area contributed by atoms with E-state index >= 15 is 0 Å². The summed E-state index contributed by atoms with van der Waals surface area (Å²) in [7, 11) is 4.01. The third kappa shape index (κ3) is 3.78. The maximum Gasteiger partial charge on any atom is 0.274 e. The molecule has 21 heavy (non-hydrogen) atoms. The maximum atomic E-state index is 12.4. The van der Waals surface area contributed by atoms with Crippen molar-refractivity contribution in [2.45, 2.75) is 13.5 Å². The SMILES string of the molecule is CCN(Cc1ccc(N(C)C)cc1)C(=O)c1cnccn1. The van der Waals surface area contributed by atoms with Gasteiger partial charge in [0.05, 0.1) is 6.20 Å². The van der Waals surface area contributed by atoms with Crippen LogP contribution >= 0.6 is 0 Å². The molecule has 1 aromatic heterocycles. The van der Waals surface area contributed by atoms with Gasteiger partial charge in [-0.2, -0.15) is 0 Å². The molecule has 0 aliphatic heterocycles. The van der Waals surface area contributed by atoms with Crippen molar-refractivity contribution in [2.24, 2.45) is 0 Å². The van der Waals surface area contributed by atoms with Crippen molar-refractivity contribution in [3.63, 3.8) is 0 Å². The summed E-state index contributed by atoms with van der Waals surface area (Å²) in [6.45, 7) is 3.16. The van der Waals surface area contributed by atoms with E-state index in [1.807, 2.05) is 38.1 Å². The third-order valence-corrected chi connectivity index (χ3v) is 3.28. The zero-order chi connectivity index (χ0) is 15.2. The van der Waals surface area contributed by atoms with Crippen molar-refractivity contribution in [1.29, 1.82) is 0 Å². The average Bonchev–Trinajstić information content (AvgIpc) is 2.53. The molecule has 0 aliphatic rings. The number of hydrogen-bond donors (Lipinski definition) is 0. The molecule has 1 aromatic carbocycles. The Balaban J connectivity index is 2.10. The summed E-state index contributed by atoms with van der Waals surface area (Å²) in [6, 6.07) is 8.19. The highest BCUT2D eigenvalue weighted by Crippen LogP contribution is 2.14. The minimum Gasteiger partial charge on any atom is -0.378 e. The third-order valence-electron chi connectivity index (χ3n) is 3.28. The molecule has 110 valence electrons. The summed E-state index contributed by atoms with van der Waals surface area (Å²) in [6.07, 6.45) is 4.60. The van der Waals surface area contributed by atoms with Gasteiger partial charge >= 0.3 is 0 Å². The first-order valence-electron chi connectivity index (χ1n) is 6.93. The van der Waals surface area contributed by atoms with Crippen LogP contribution in [0.4, 0.5) is 5.69 Å². The molecule has 0 atom stereocenters. The topological polar surface area (TPSA) is 49.3 Å². The standard InChI is InChI=1S/C16H20N4O/c1-4-20(16(21)15-11-17-9-10-18-15)12-13-5-7-14(8-6-13)19(2)3/h5-11H,4,12H2,1-3H3. The van der Waals surface area contributed by atoms with E-state index < -0.39 is 0 Å². The van der Waals surface area contributed by atoms with Crippen molar-refractivity contribution >= 4 is 11.6 Å². The first-order chi connectivity index (χ1) is 10.1. The van der Waals surface area contributed by atoms with E-state index in [1.54, 1.807) is 11.1 Å². The maximum absolute atomic E-state index is 12.4. The lowest BCUT2D eigenvalue weighted by molar-refractivity contribution is 0.0746. The Morgan fingerprint density at radius 1 is 1.14 bits per heavy atom. The zero-order valence-electron chi connectivity index (χ0n) is 12.7. The van der Waals surface area contributed by atoms with E-state index in [0.29, 0.717) is 18.8 Å². The van der Waals surface area contributed by atoms with Crippen molar-refractivity contribution in [3.8, 4) is 0 Å². The van der Waals surface area contributed by atoms with Crippen LogP contribution in [0.2, 0.25) is 0 Å². The van der Waals surface area contributed by atoms with Crippen molar-refractivity contribution in [1.82, 2.24) is 14.9 Å². The predicted molar refractivity (Wildman–Crippen MR) is 83.2 cm³/mol. The molecule has 0 N–H and O–H groups in total. The summed E-state index contributed by atoms with van der Waals surface area (Å²) in [5.41, 5.74) is 2.62. The first-order valence-corrected chi connectivity index (χ1v) is 6.93. The van der Waals surface area contributed by atoms with Crippen LogP contribution in [-0.2, 0) is 6.54 Å². The van der Waals surface area contributed by atoms with Crippen LogP contribution in [0, 0.1) is 0 Å². The molecule has 0 saturated carbocycles. The molecular formula is C16H20N4O. The highest BCUT2D eigenvalue weighted by molar-refractivity contribution is 5.91. The monoisotopic (exact) mass is 284 g/mol. The predicted octanol–water partition coefficient (Wildman–Crippen LogP) is 2.20. The van der Waals surface area contributed by atoms with Crippen molar-refractivity contribution < 1.29 is 4.79 Å². The molecule has 5 nitrogen and oxygen atoms in total. The molecule has 0 saturated heterocycles. The van der Waals surface area contributed by atoms with Crippen molar-refractivity contribution in [2.75, 3.05) is 25.5 Å². The number of benzene rings is 1. The van der Waals surface area contributed by atoms with Gasteiger partial charge in [0, 0.05) is 45.3 Å². The summed E-state index contributed by atoms with van der Waals surface area (Å²) >= 11 is 0. The van der Waals surface area contributed by atoms with Crippen LogP contribution in [0.15, 0.2) is 42.9 Å². The Morgan fingerprint density at radius 3 is 2.38 bits per heavy atom. The zero-order valence-corrected chi connectivity index (χ0v) is 12.7. The van der Waals surface area contributed by atoms with Gasteiger partial charge in [-0.3, -0.25) is 9.78 Å². The normalized spacial score (nSPS) is 10.2. The van der Waals surface area contributed by atoms with Crippen LogP contribution in [-0.4, -0.2) is 41.4 Å². The quantitative estimate of drug-likeness (QED) is 0.844. The lowest BCUT2D eigenvalue weighted by atomic mass is 10.2. The van der Waals surface area contributed by atoms with Gasteiger partial charge in [-0.1, -0.05) is 12.1 Å². The van der Waals surface area contributed by atoms with E-state index in [1.165, 1.54) is 12.4 Å². The van der Waals surface area contributed by atoms with E-state index in [4.69, 9.17) is 0 Å². The number of carbonyl (C=O) groups is 1. The molecule has 1 amide bonds. The van der Waals surface area contributed by atoms with Crippen LogP contribution in [0.25, 0.3) is 0 Å². The number of nitrogens with zero attached hydrogens (tertiary/aromatic N) is 4. The molecule has 2 rings (SSSR count). The number of anilines is 1. The molecule has 5 heteroatoms. The van der Waals surface area contributed by atoms with Gasteiger partial charge in [-0.25, -0.2) is 4.98 Å². The van der Waals surface area contributed by atoms with Crippen LogP contribution in [0.1, 0.15) is 23.0 Å². The van der Waals surface area contributed by atoms with Gasteiger partial charge in [0.15, 0.2) is 0 Å². The van der Waals surface area contributed by atoms with Gasteiger partial charge in [-0.15, -0.1) is 0 Å². The van der Waals surface area contributed by atoms with E-state index in [9.17, 15) is 4.79 Å². The summed E-state index contributed by atoms with van der Waals surface area (Å²) < 4.78 is 0. The minimum atomic E-state index is -0.0951. The van der Waals surface area contributed by atoms with E-state index in [-0.39, 0.29) is 5.91 Å². The van der Waals surface area contributed by atoms with Gasteiger partial charge in [-0.05, 0) is 24.6 Å². The first kappa shape index (κ1) is 15.0. The second-order valence-corrected chi connectivity index (χ2v) is 4.97. The fraction of sp³-hybridized carbons (Fsp3) is 0.312. The summed E-state index contributed by atoms with van der Waals surface area (Å²) in [4.78, 5) is 24.2. The molecule has 0 bridgehead atoms. The molecule has 0 unspecified atom stereocenters. The van der Waals surface area contributed by atoms with Gasteiger partial charge < -0.3 is 9.80 Å². The van der Waals surface area contributed by atoms with E-state index in [2.05, 4.69) is 22.1 Å². The fourth-order valence-electron chi connectivity index (χ4n) is 2.02. The smallest absolute Gasteiger partial charge is 0.274 e. The molecule has 1 heterocycles. The molecule has 2 aromatic rings. The number of aromatic nitrogens is 2. The number of carbonyl (C=O) groups excluding carboxylic acids is 1. The second kappa shape index (κ2) is 6.83. The van der Waals surface area contributed by atoms with Gasteiger partial charge in [0.2, 0.25) is 0 Å². The molecule has 0 spiro atoms. The molecule has 0 fully saturated rings. The Morgan fingerprint density at radius 2 is 1.86 bits per heavy atom. The van der Waals surface area contributed by atoms with Crippen molar-refractivity contribution in [3.05, 3.63) is 54.1 Å². The summed E-state index contributed by atoms with van der Waals surface area (Å²) in [5.74, 6) is -0.0951. The lowest BCUT2D eigenvalue weighted by Crippen LogP contribution is -2.31. The summed E-state index contributed by atoms with van der Waals surface area (Å²) in [5, 5.41) is 0. The second-order valence-electron chi connectivity index (χ2n) is 4.97. The Hall–Kier alpha value is -2.43. The highest BCUT2D eigenvalue weighted by atomic mass is 16.2. The van der Waals surface area contributed by atoms with Gasteiger partial charge in [0.25, 0.3) is 5.91 Å². The average molecular weight is 284 g/mol. The Kier molecular flexibility index (Phi) is 4.87. The van der Waals surface area contributed by atoms with Crippen LogP contribution in [0.5, 0.6) is 0 Å². The molecule has 0 aliphatic carbocycles. The Labute approximate surface area is 125 Å². The molecule has 0 radical (unpaired) electrons. The molecular weight excluding hydrogens is 264 g/mol. The minimum absolute atomic E-state index is 0.0951. The van der Waals surface area contributed by atoms with Gasteiger partial charge in [0.1, 0.15) is 5.69 Å². The Bertz CT molecular complexity index is 581. The lowest BCUT2D eigenvalue weighted by Gasteiger charge is -2.21. The van der Waals surface area contributed by atoms with Crippen LogP contribution < -0.4 is 4.90 Å². The number of hydrogen-bond acceptors (Lipinski definition) is 4. The number of rotatable bonds is 5. The van der Waals surface area contributed by atoms with Crippen LogP contribution in [0.3, 0.4) is 0 Å². The largest absolute Gasteiger partial charge is 0.378 e. The van der Waals surface area contributed by atoms with E-state index in [0.717, 1.165) is 11.3 Å².